The Hall–Kier alpha value is -3.24. The second-order valence-corrected chi connectivity index (χ2v) is 10.1. The molecule has 2 aromatic carbocycles. The Morgan fingerprint density at radius 3 is 2.26 bits per heavy atom. The Morgan fingerprint density at radius 1 is 1.00 bits per heavy atom. The fourth-order valence-electron chi connectivity index (χ4n) is 5.04. The zero-order valence-electron chi connectivity index (χ0n) is 22.8. The number of carbonyl (C=O) groups is 2. The highest BCUT2D eigenvalue weighted by atomic mass is 16.5. The Balaban J connectivity index is 1.83. The van der Waals surface area contributed by atoms with E-state index >= 15 is 0 Å². The third kappa shape index (κ3) is 7.20. The first-order valence-electron chi connectivity index (χ1n) is 13.0. The molecule has 2 aromatic rings. The molecule has 0 aromatic heterocycles. The van der Waals surface area contributed by atoms with Crippen LogP contribution in [0.2, 0.25) is 0 Å². The van der Waals surface area contributed by atoms with Gasteiger partial charge in [0.1, 0.15) is 11.8 Å². The molecule has 206 valence electrons. The monoisotopic (exact) mass is 526 g/mol. The van der Waals surface area contributed by atoms with Crippen LogP contribution in [-0.4, -0.2) is 62.3 Å². The summed E-state index contributed by atoms with van der Waals surface area (Å²) < 4.78 is 16.7. The van der Waals surface area contributed by atoms with Crippen LogP contribution in [0.25, 0.3) is 0 Å². The van der Waals surface area contributed by atoms with Crippen molar-refractivity contribution in [3.8, 4) is 17.2 Å². The molecule has 1 unspecified atom stereocenters. The van der Waals surface area contributed by atoms with Gasteiger partial charge < -0.3 is 34.9 Å². The van der Waals surface area contributed by atoms with E-state index in [4.69, 9.17) is 14.2 Å². The quantitative estimate of drug-likeness (QED) is 0.312. The third-order valence-corrected chi connectivity index (χ3v) is 6.96. The second kappa shape index (κ2) is 13.5. The van der Waals surface area contributed by atoms with E-state index in [1.54, 1.807) is 27.4 Å². The zero-order chi connectivity index (χ0) is 27.8. The fourth-order valence-corrected chi connectivity index (χ4v) is 5.04. The molecule has 0 bridgehead atoms. The first-order chi connectivity index (χ1) is 18.2. The van der Waals surface area contributed by atoms with Crippen LogP contribution in [0.5, 0.6) is 17.2 Å². The van der Waals surface area contributed by atoms with E-state index in [1.807, 2.05) is 44.2 Å². The van der Waals surface area contributed by atoms with Crippen molar-refractivity contribution in [1.29, 1.82) is 0 Å². The SMILES string of the molecule is COc1cc(OC)c(OC)c2c1CCC(C(=O)N[C@@H](Cc1ccccc1)C(=O)N[C@@H](CC(C)C)B(O)O)C2. The van der Waals surface area contributed by atoms with Crippen LogP contribution in [0.3, 0.4) is 0 Å². The van der Waals surface area contributed by atoms with Gasteiger partial charge in [0.15, 0.2) is 11.5 Å². The van der Waals surface area contributed by atoms with Crippen LogP contribution >= 0.6 is 0 Å². The minimum Gasteiger partial charge on any atom is -0.496 e. The molecule has 3 rings (SSSR count). The van der Waals surface area contributed by atoms with Gasteiger partial charge in [-0.1, -0.05) is 44.2 Å². The number of amides is 2. The maximum absolute atomic E-state index is 13.5. The van der Waals surface area contributed by atoms with Gasteiger partial charge in [-0.25, -0.2) is 0 Å². The molecule has 4 N–H and O–H groups in total. The minimum absolute atomic E-state index is 0.135. The Kier molecular flexibility index (Phi) is 10.4. The van der Waals surface area contributed by atoms with E-state index in [0.717, 1.165) is 16.7 Å². The number of hydrogen-bond donors (Lipinski definition) is 4. The Morgan fingerprint density at radius 2 is 1.68 bits per heavy atom. The summed E-state index contributed by atoms with van der Waals surface area (Å²) in [4.78, 5) is 26.9. The number of hydrogen-bond acceptors (Lipinski definition) is 7. The predicted molar refractivity (Wildman–Crippen MR) is 145 cm³/mol. The Bertz CT molecular complexity index is 1070. The number of benzene rings is 2. The van der Waals surface area contributed by atoms with Crippen LogP contribution in [-0.2, 0) is 28.9 Å². The standard InChI is InChI=1S/C28H39BN2O7/c1-17(2)13-25(29(34)35)31-28(33)22(14-18-9-7-6-8-10-18)30-27(32)19-11-12-20-21(15-19)26(38-5)24(37-4)16-23(20)36-3/h6-10,16-17,19,22,25,34-35H,11-15H2,1-5H3,(H,30,32)(H,31,33)/t19?,22-,25-/m0/s1. The first kappa shape index (κ1) is 29.3. The van der Waals surface area contributed by atoms with Crippen molar-refractivity contribution in [2.24, 2.45) is 11.8 Å². The fraction of sp³-hybridized carbons (Fsp3) is 0.500. The van der Waals surface area contributed by atoms with Crippen molar-refractivity contribution < 1.29 is 33.8 Å². The van der Waals surface area contributed by atoms with Crippen molar-refractivity contribution in [2.75, 3.05) is 21.3 Å². The van der Waals surface area contributed by atoms with Crippen LogP contribution in [0, 0.1) is 11.8 Å². The number of nitrogens with one attached hydrogen (secondary N) is 2. The molecule has 0 saturated heterocycles. The highest BCUT2D eigenvalue weighted by Gasteiger charge is 2.34. The summed E-state index contributed by atoms with van der Waals surface area (Å²) in [6.45, 7) is 3.87. The van der Waals surface area contributed by atoms with Gasteiger partial charge in [0.2, 0.25) is 11.8 Å². The van der Waals surface area contributed by atoms with Crippen molar-refractivity contribution in [3.05, 3.63) is 53.1 Å². The normalized spacial score (nSPS) is 16.2. The lowest BCUT2D eigenvalue weighted by atomic mass is 9.75. The van der Waals surface area contributed by atoms with Gasteiger partial charge in [-0.15, -0.1) is 0 Å². The Labute approximate surface area is 225 Å². The molecule has 0 aliphatic heterocycles. The average molecular weight is 526 g/mol. The van der Waals surface area contributed by atoms with E-state index < -0.39 is 30.9 Å². The van der Waals surface area contributed by atoms with E-state index in [0.29, 0.717) is 42.9 Å². The molecule has 9 nitrogen and oxygen atoms in total. The molecule has 3 atom stereocenters. The molecule has 1 aliphatic carbocycles. The minimum atomic E-state index is -1.71. The zero-order valence-corrected chi connectivity index (χ0v) is 22.8. The largest absolute Gasteiger partial charge is 0.496 e. The van der Waals surface area contributed by atoms with Gasteiger partial charge in [0, 0.05) is 29.5 Å². The van der Waals surface area contributed by atoms with Gasteiger partial charge in [-0.05, 0) is 37.2 Å². The van der Waals surface area contributed by atoms with Gasteiger partial charge in [0.05, 0.1) is 27.3 Å². The smallest absolute Gasteiger partial charge is 0.475 e. The maximum Gasteiger partial charge on any atom is 0.475 e. The summed E-state index contributed by atoms with van der Waals surface area (Å²) in [5.41, 5.74) is 2.73. The molecule has 0 fully saturated rings. The van der Waals surface area contributed by atoms with Crippen LogP contribution in [0.15, 0.2) is 36.4 Å². The summed E-state index contributed by atoms with van der Waals surface area (Å²) in [5, 5.41) is 25.3. The second-order valence-electron chi connectivity index (χ2n) is 10.1. The van der Waals surface area contributed by atoms with E-state index in [2.05, 4.69) is 10.6 Å². The average Bonchev–Trinajstić information content (AvgIpc) is 2.91. The topological polar surface area (TPSA) is 126 Å². The molecular formula is C28H39BN2O7. The molecule has 2 amide bonds. The third-order valence-electron chi connectivity index (χ3n) is 6.96. The number of methoxy groups -OCH3 is 3. The van der Waals surface area contributed by atoms with Gasteiger partial charge in [-0.2, -0.15) is 0 Å². The van der Waals surface area contributed by atoms with Crippen LogP contribution in [0.1, 0.15) is 43.4 Å². The maximum atomic E-state index is 13.5. The molecule has 0 radical (unpaired) electrons. The molecule has 0 saturated carbocycles. The lowest BCUT2D eigenvalue weighted by molar-refractivity contribution is -0.131. The van der Waals surface area contributed by atoms with E-state index in [9.17, 15) is 19.6 Å². The van der Waals surface area contributed by atoms with Crippen LogP contribution in [0.4, 0.5) is 0 Å². The summed E-state index contributed by atoms with van der Waals surface area (Å²) in [7, 11) is 3.02. The number of fused-ring (bicyclic) bond motifs is 1. The number of ether oxygens (including phenoxy) is 3. The summed E-state index contributed by atoms with van der Waals surface area (Å²) >= 11 is 0. The molecule has 1 aliphatic rings. The lowest BCUT2D eigenvalue weighted by Crippen LogP contribution is -2.55. The van der Waals surface area contributed by atoms with Crippen molar-refractivity contribution in [1.82, 2.24) is 10.6 Å². The number of carbonyl (C=O) groups excluding carboxylic acids is 2. The van der Waals surface area contributed by atoms with E-state index in [-0.39, 0.29) is 18.2 Å². The van der Waals surface area contributed by atoms with Crippen molar-refractivity contribution >= 4 is 18.9 Å². The van der Waals surface area contributed by atoms with E-state index in [1.165, 1.54) is 0 Å². The van der Waals surface area contributed by atoms with Gasteiger partial charge in [-0.3, -0.25) is 9.59 Å². The summed E-state index contributed by atoms with van der Waals surface area (Å²) in [5.74, 6) is -0.0135. The lowest BCUT2D eigenvalue weighted by Gasteiger charge is -2.29. The molecular weight excluding hydrogens is 487 g/mol. The van der Waals surface area contributed by atoms with Crippen LogP contribution < -0.4 is 24.8 Å². The number of rotatable bonds is 12. The van der Waals surface area contributed by atoms with Crippen molar-refractivity contribution in [3.63, 3.8) is 0 Å². The molecule has 0 heterocycles. The highest BCUT2D eigenvalue weighted by Crippen LogP contribution is 2.44. The molecule has 10 heteroatoms. The summed E-state index contributed by atoms with van der Waals surface area (Å²) in [6.07, 6.45) is 2.25. The predicted octanol–water partition coefficient (Wildman–Crippen LogP) is 2.09. The van der Waals surface area contributed by atoms with Gasteiger partial charge in [0.25, 0.3) is 0 Å². The first-order valence-corrected chi connectivity index (χ1v) is 13.0. The molecule has 0 spiro atoms. The van der Waals surface area contributed by atoms with Crippen molar-refractivity contribution in [2.45, 2.75) is 57.9 Å². The molecule has 38 heavy (non-hydrogen) atoms. The van der Waals surface area contributed by atoms with Gasteiger partial charge >= 0.3 is 7.12 Å². The highest BCUT2D eigenvalue weighted by molar-refractivity contribution is 6.43. The summed E-state index contributed by atoms with van der Waals surface area (Å²) in [6, 6.07) is 10.3.